The fourth-order valence-electron chi connectivity index (χ4n) is 1.12. The molecule has 1 N–H and O–H groups in total. The summed E-state index contributed by atoms with van der Waals surface area (Å²) in [5, 5.41) is 10.1. The highest BCUT2D eigenvalue weighted by molar-refractivity contribution is 7.99. The van der Waals surface area contributed by atoms with Crippen LogP contribution in [-0.4, -0.2) is 10.9 Å². The molecule has 0 aliphatic rings. The first kappa shape index (κ1) is 15.3. The lowest BCUT2D eigenvalue weighted by Gasteiger charge is -2.11. The van der Waals surface area contributed by atoms with Crippen molar-refractivity contribution in [3.8, 4) is 5.75 Å². The summed E-state index contributed by atoms with van der Waals surface area (Å²) in [5.74, 6) is 0.530. The standard InChI is InChI=1S/C11H10Cl4OS/c1-2-3-4-5-17-11-8(14)6(12)10(16)7(13)9(11)15/h2-3,16H,4-5H2,1H3/b3-2+. The molecule has 0 aromatic heterocycles. The molecule has 17 heavy (non-hydrogen) atoms. The summed E-state index contributed by atoms with van der Waals surface area (Å²) in [6.07, 6.45) is 4.91. The minimum Gasteiger partial charge on any atom is -0.505 e. The number of hydrogen-bond donors (Lipinski definition) is 1. The second kappa shape index (κ2) is 7.01. The Morgan fingerprint density at radius 2 is 1.59 bits per heavy atom. The Morgan fingerprint density at radius 3 is 2.06 bits per heavy atom. The first-order chi connectivity index (χ1) is 8.00. The van der Waals surface area contributed by atoms with E-state index in [4.69, 9.17) is 46.4 Å². The summed E-state index contributed by atoms with van der Waals surface area (Å²) >= 11 is 25.2. The Bertz CT molecular complexity index is 417. The van der Waals surface area contributed by atoms with Gasteiger partial charge in [-0.2, -0.15) is 0 Å². The quantitative estimate of drug-likeness (QED) is 0.313. The van der Waals surface area contributed by atoms with Crippen molar-refractivity contribution in [2.75, 3.05) is 5.75 Å². The van der Waals surface area contributed by atoms with Gasteiger partial charge in [0, 0.05) is 10.6 Å². The van der Waals surface area contributed by atoms with Crippen molar-refractivity contribution < 1.29 is 5.11 Å². The van der Waals surface area contributed by atoms with Crippen LogP contribution in [0.3, 0.4) is 0 Å². The maximum atomic E-state index is 9.55. The van der Waals surface area contributed by atoms with Crippen molar-refractivity contribution >= 4 is 58.2 Å². The van der Waals surface area contributed by atoms with E-state index in [-0.39, 0.29) is 25.8 Å². The summed E-state index contributed by atoms with van der Waals surface area (Å²) in [6.45, 7) is 1.96. The Hall–Kier alpha value is 0.270. The average molecular weight is 332 g/mol. The molecule has 1 aromatic rings. The average Bonchev–Trinajstić information content (AvgIpc) is 2.33. The molecule has 0 amide bonds. The third kappa shape index (κ3) is 3.62. The molecule has 0 unspecified atom stereocenters. The fraction of sp³-hybridized carbons (Fsp3) is 0.273. The highest BCUT2D eigenvalue weighted by Gasteiger charge is 2.19. The van der Waals surface area contributed by atoms with Crippen molar-refractivity contribution in [3.05, 3.63) is 32.2 Å². The van der Waals surface area contributed by atoms with E-state index in [9.17, 15) is 5.11 Å². The van der Waals surface area contributed by atoms with Crippen molar-refractivity contribution in [1.82, 2.24) is 0 Å². The second-order valence-electron chi connectivity index (χ2n) is 3.14. The molecule has 1 nitrogen and oxygen atoms in total. The lowest BCUT2D eigenvalue weighted by molar-refractivity contribution is 0.475. The van der Waals surface area contributed by atoms with Gasteiger partial charge in [0.05, 0.1) is 10.0 Å². The van der Waals surface area contributed by atoms with Crippen LogP contribution >= 0.6 is 58.2 Å². The number of benzene rings is 1. The molecule has 0 spiro atoms. The number of allylic oxidation sites excluding steroid dienone is 2. The van der Waals surface area contributed by atoms with Crippen LogP contribution in [0.4, 0.5) is 0 Å². The minimum atomic E-state index is -0.277. The maximum Gasteiger partial charge on any atom is 0.155 e. The molecule has 0 saturated heterocycles. The molecule has 94 valence electrons. The van der Waals surface area contributed by atoms with Gasteiger partial charge in [-0.1, -0.05) is 58.6 Å². The molecular formula is C11H10Cl4OS. The van der Waals surface area contributed by atoms with Crippen LogP contribution in [0.15, 0.2) is 17.0 Å². The van der Waals surface area contributed by atoms with Crippen LogP contribution in [0.1, 0.15) is 13.3 Å². The predicted molar refractivity (Wildman–Crippen MR) is 78.3 cm³/mol. The molecule has 0 aliphatic carbocycles. The third-order valence-corrected chi connectivity index (χ3v) is 5.01. The number of halogens is 4. The van der Waals surface area contributed by atoms with Gasteiger partial charge in [0.2, 0.25) is 0 Å². The third-order valence-electron chi connectivity index (χ3n) is 1.97. The maximum absolute atomic E-state index is 9.55. The second-order valence-corrected chi connectivity index (χ2v) is 5.76. The van der Waals surface area contributed by atoms with E-state index in [2.05, 4.69) is 0 Å². The summed E-state index contributed by atoms with van der Waals surface area (Å²) < 4.78 is 0. The van der Waals surface area contributed by atoms with Crippen LogP contribution in [-0.2, 0) is 0 Å². The van der Waals surface area contributed by atoms with E-state index in [0.29, 0.717) is 4.90 Å². The van der Waals surface area contributed by atoms with Crippen molar-refractivity contribution in [2.45, 2.75) is 18.2 Å². The van der Waals surface area contributed by atoms with Gasteiger partial charge in [-0.25, -0.2) is 0 Å². The smallest absolute Gasteiger partial charge is 0.155 e. The van der Waals surface area contributed by atoms with Crippen LogP contribution < -0.4 is 0 Å². The first-order valence-electron chi connectivity index (χ1n) is 4.79. The molecule has 0 fully saturated rings. The molecule has 1 aromatic carbocycles. The van der Waals surface area contributed by atoms with Crippen molar-refractivity contribution in [3.63, 3.8) is 0 Å². The normalized spacial score (nSPS) is 11.4. The van der Waals surface area contributed by atoms with E-state index in [1.54, 1.807) is 0 Å². The Labute approximate surface area is 125 Å². The SMILES string of the molecule is C/C=C/CCSc1c(Cl)c(Cl)c(O)c(Cl)c1Cl. The van der Waals surface area contributed by atoms with Gasteiger partial charge >= 0.3 is 0 Å². The largest absolute Gasteiger partial charge is 0.505 e. The van der Waals surface area contributed by atoms with E-state index in [1.807, 2.05) is 19.1 Å². The predicted octanol–water partition coefficient (Wildman–Crippen LogP) is 6.06. The van der Waals surface area contributed by atoms with Crippen molar-refractivity contribution in [2.24, 2.45) is 0 Å². The van der Waals surface area contributed by atoms with E-state index in [1.165, 1.54) is 11.8 Å². The molecule has 1 rings (SSSR count). The Kier molecular flexibility index (Phi) is 6.32. The van der Waals surface area contributed by atoms with Crippen molar-refractivity contribution in [1.29, 1.82) is 0 Å². The van der Waals surface area contributed by atoms with Crippen LogP contribution in [0.25, 0.3) is 0 Å². The van der Waals surface area contributed by atoms with Crippen LogP contribution in [0.5, 0.6) is 5.75 Å². The minimum absolute atomic E-state index is 0.0367. The molecular weight excluding hydrogens is 322 g/mol. The highest BCUT2D eigenvalue weighted by atomic mass is 35.5. The number of phenols is 1. The summed E-state index contributed by atoms with van der Waals surface area (Å²) in [7, 11) is 0. The molecule has 0 radical (unpaired) electrons. The first-order valence-corrected chi connectivity index (χ1v) is 7.29. The highest BCUT2D eigenvalue weighted by Crippen LogP contribution is 2.48. The van der Waals surface area contributed by atoms with Crippen LogP contribution in [0, 0.1) is 0 Å². The van der Waals surface area contributed by atoms with Gasteiger partial charge < -0.3 is 5.11 Å². The zero-order valence-electron chi connectivity index (χ0n) is 8.94. The fourth-order valence-corrected chi connectivity index (χ4v) is 3.32. The lowest BCUT2D eigenvalue weighted by Crippen LogP contribution is -1.85. The zero-order valence-corrected chi connectivity index (χ0v) is 12.8. The van der Waals surface area contributed by atoms with Crippen LogP contribution in [0.2, 0.25) is 20.1 Å². The van der Waals surface area contributed by atoms with E-state index >= 15 is 0 Å². The number of hydrogen-bond acceptors (Lipinski definition) is 2. The Balaban J connectivity index is 2.99. The van der Waals surface area contributed by atoms with Gasteiger partial charge in [-0.05, 0) is 13.3 Å². The van der Waals surface area contributed by atoms with Gasteiger partial charge in [-0.3, -0.25) is 0 Å². The summed E-state index contributed by atoms with van der Waals surface area (Å²) in [6, 6.07) is 0. The molecule has 0 atom stereocenters. The molecule has 0 heterocycles. The number of thioether (sulfide) groups is 1. The summed E-state index contributed by atoms with van der Waals surface area (Å²) in [4.78, 5) is 0.602. The monoisotopic (exact) mass is 330 g/mol. The molecule has 6 heteroatoms. The van der Waals surface area contributed by atoms with Gasteiger partial charge in [0.25, 0.3) is 0 Å². The molecule has 0 saturated carbocycles. The van der Waals surface area contributed by atoms with Gasteiger partial charge in [0.15, 0.2) is 5.75 Å². The Morgan fingerprint density at radius 1 is 1.06 bits per heavy atom. The number of aromatic hydroxyl groups is 1. The van der Waals surface area contributed by atoms with E-state index in [0.717, 1.165) is 12.2 Å². The number of phenolic OH excluding ortho intramolecular Hbond substituents is 1. The van der Waals surface area contributed by atoms with E-state index < -0.39 is 0 Å². The topological polar surface area (TPSA) is 20.2 Å². The lowest BCUT2D eigenvalue weighted by atomic mass is 10.3. The molecule has 0 aliphatic heterocycles. The zero-order chi connectivity index (χ0) is 13.0. The van der Waals surface area contributed by atoms with Gasteiger partial charge in [-0.15, -0.1) is 11.8 Å². The number of rotatable bonds is 4. The summed E-state index contributed by atoms with van der Waals surface area (Å²) in [5.41, 5.74) is 0. The van der Waals surface area contributed by atoms with Gasteiger partial charge in [0.1, 0.15) is 10.0 Å². The molecule has 0 bridgehead atoms.